The van der Waals surface area contributed by atoms with Crippen LogP contribution in [0.1, 0.15) is 31.1 Å². The first-order chi connectivity index (χ1) is 13.1. The maximum atomic E-state index is 12.5. The number of hydrogen-bond acceptors (Lipinski definition) is 4. The van der Waals surface area contributed by atoms with Crippen molar-refractivity contribution in [2.24, 2.45) is 0 Å². The average Bonchev–Trinajstić information content (AvgIpc) is 3.20. The molecule has 0 aliphatic heterocycles. The molecule has 0 aliphatic rings. The minimum absolute atomic E-state index is 0.172. The molecule has 2 N–H and O–H groups in total. The molecule has 0 aliphatic carbocycles. The highest BCUT2D eigenvalue weighted by Crippen LogP contribution is 2.13. The monoisotopic (exact) mass is 368 g/mol. The van der Waals surface area contributed by atoms with Gasteiger partial charge < -0.3 is 19.8 Å². The first-order valence-electron chi connectivity index (χ1n) is 8.79. The number of furan rings is 1. The van der Waals surface area contributed by atoms with Crippen LogP contribution in [0.2, 0.25) is 0 Å². The van der Waals surface area contributed by atoms with Gasteiger partial charge in [0.2, 0.25) is 5.91 Å². The number of amides is 2. The number of ether oxygens (including phenoxy) is 1. The predicted molar refractivity (Wildman–Crippen MR) is 105 cm³/mol. The van der Waals surface area contributed by atoms with Crippen molar-refractivity contribution < 1.29 is 18.7 Å². The molecule has 6 nitrogen and oxygen atoms in total. The van der Waals surface area contributed by atoms with E-state index in [2.05, 4.69) is 10.6 Å². The molecule has 2 amide bonds. The Hall–Kier alpha value is -3.28. The summed E-state index contributed by atoms with van der Waals surface area (Å²) in [5.74, 6) is 0.514. The predicted octanol–water partition coefficient (Wildman–Crippen LogP) is 3.38. The molecule has 1 heterocycles. The third-order valence-corrected chi connectivity index (χ3v) is 3.69. The van der Waals surface area contributed by atoms with Crippen LogP contribution in [0.5, 0.6) is 5.75 Å². The Morgan fingerprint density at radius 3 is 2.59 bits per heavy atom. The molecule has 2 aromatic rings. The smallest absolute Gasteiger partial charge is 0.267 e. The van der Waals surface area contributed by atoms with Gasteiger partial charge in [0.25, 0.3) is 5.91 Å². The summed E-state index contributed by atoms with van der Waals surface area (Å²) in [7, 11) is 1.59. The third kappa shape index (κ3) is 6.86. The molecule has 0 atom stereocenters. The summed E-state index contributed by atoms with van der Waals surface area (Å²) in [6.45, 7) is 2.59. The minimum atomic E-state index is -0.420. The number of hydrogen-bond donors (Lipinski definition) is 2. The second-order valence-electron chi connectivity index (χ2n) is 5.78. The van der Waals surface area contributed by atoms with Crippen molar-refractivity contribution in [2.75, 3.05) is 13.7 Å². The highest BCUT2D eigenvalue weighted by Gasteiger charge is 2.11. The lowest BCUT2D eigenvalue weighted by molar-refractivity contribution is -0.121. The van der Waals surface area contributed by atoms with Crippen LogP contribution in [0.15, 0.2) is 58.9 Å². The van der Waals surface area contributed by atoms with Gasteiger partial charge >= 0.3 is 0 Å². The van der Waals surface area contributed by atoms with Gasteiger partial charge in [-0.2, -0.15) is 0 Å². The average molecular weight is 368 g/mol. The number of carbonyl (C=O) groups is 2. The molecule has 0 unspecified atom stereocenters. The van der Waals surface area contributed by atoms with Crippen LogP contribution in [-0.4, -0.2) is 25.5 Å². The molecule has 2 rings (SSSR count). The van der Waals surface area contributed by atoms with E-state index in [-0.39, 0.29) is 11.6 Å². The highest BCUT2D eigenvalue weighted by molar-refractivity contribution is 6.04. The Balaban J connectivity index is 2.13. The largest absolute Gasteiger partial charge is 0.497 e. The molecule has 27 heavy (non-hydrogen) atoms. The maximum Gasteiger partial charge on any atom is 0.267 e. The Labute approximate surface area is 158 Å². The summed E-state index contributed by atoms with van der Waals surface area (Å²) in [5, 5.41) is 5.45. The molecule has 0 spiro atoms. The summed E-state index contributed by atoms with van der Waals surface area (Å²) < 4.78 is 10.3. The van der Waals surface area contributed by atoms with E-state index in [1.165, 1.54) is 18.4 Å². The minimum Gasteiger partial charge on any atom is -0.497 e. The summed E-state index contributed by atoms with van der Waals surface area (Å²) in [5.41, 5.74) is 0.942. The molecular formula is C21H24N2O4. The SMILES string of the molecule is CCCCNC(=O)/C(=C/c1ccc(OC)cc1)NC(=O)/C=C/c1ccco1. The fraction of sp³-hybridized carbons (Fsp3) is 0.238. The Morgan fingerprint density at radius 2 is 1.96 bits per heavy atom. The summed E-state index contributed by atoms with van der Waals surface area (Å²) in [6, 6.07) is 10.7. The van der Waals surface area contributed by atoms with Gasteiger partial charge in [0.05, 0.1) is 13.4 Å². The van der Waals surface area contributed by atoms with Crippen molar-refractivity contribution in [1.82, 2.24) is 10.6 Å². The van der Waals surface area contributed by atoms with Crippen LogP contribution in [0.3, 0.4) is 0 Å². The van der Waals surface area contributed by atoms with Crippen molar-refractivity contribution in [2.45, 2.75) is 19.8 Å². The van der Waals surface area contributed by atoms with Crippen molar-refractivity contribution in [3.8, 4) is 5.75 Å². The van der Waals surface area contributed by atoms with Crippen LogP contribution in [0, 0.1) is 0 Å². The molecule has 142 valence electrons. The van der Waals surface area contributed by atoms with Crippen LogP contribution in [0.4, 0.5) is 0 Å². The van der Waals surface area contributed by atoms with E-state index in [4.69, 9.17) is 9.15 Å². The van der Waals surface area contributed by atoms with E-state index in [0.29, 0.717) is 18.1 Å². The van der Waals surface area contributed by atoms with E-state index in [9.17, 15) is 9.59 Å². The third-order valence-electron chi connectivity index (χ3n) is 3.69. The van der Waals surface area contributed by atoms with E-state index in [0.717, 1.165) is 18.4 Å². The molecule has 0 saturated carbocycles. The second-order valence-corrected chi connectivity index (χ2v) is 5.78. The molecule has 0 bridgehead atoms. The van der Waals surface area contributed by atoms with Gasteiger partial charge in [0, 0.05) is 12.6 Å². The van der Waals surface area contributed by atoms with Gasteiger partial charge in [-0.15, -0.1) is 0 Å². The van der Waals surface area contributed by atoms with Crippen molar-refractivity contribution >= 4 is 24.0 Å². The molecule has 1 aromatic carbocycles. The number of unbranched alkanes of at least 4 members (excludes halogenated alkanes) is 1. The molecule has 6 heteroatoms. The molecular weight excluding hydrogens is 344 g/mol. The number of benzene rings is 1. The van der Waals surface area contributed by atoms with Crippen LogP contribution in [0.25, 0.3) is 12.2 Å². The van der Waals surface area contributed by atoms with E-state index in [1.807, 2.05) is 19.1 Å². The van der Waals surface area contributed by atoms with Crippen LogP contribution >= 0.6 is 0 Å². The zero-order valence-electron chi connectivity index (χ0n) is 15.5. The lowest BCUT2D eigenvalue weighted by Gasteiger charge is -2.10. The fourth-order valence-electron chi connectivity index (χ4n) is 2.22. The van der Waals surface area contributed by atoms with Crippen molar-refractivity contribution in [3.05, 3.63) is 65.8 Å². The quantitative estimate of drug-likeness (QED) is 0.525. The zero-order chi connectivity index (χ0) is 19.5. The molecule has 0 fully saturated rings. The van der Waals surface area contributed by atoms with E-state index in [1.54, 1.807) is 37.5 Å². The van der Waals surface area contributed by atoms with Crippen LogP contribution in [-0.2, 0) is 9.59 Å². The Bertz CT molecular complexity index is 790. The lowest BCUT2D eigenvalue weighted by Crippen LogP contribution is -2.34. The van der Waals surface area contributed by atoms with Gasteiger partial charge in [0.1, 0.15) is 17.2 Å². The van der Waals surface area contributed by atoms with Gasteiger partial charge in [-0.3, -0.25) is 9.59 Å². The Morgan fingerprint density at radius 1 is 1.19 bits per heavy atom. The molecule has 0 radical (unpaired) electrons. The van der Waals surface area contributed by atoms with Crippen molar-refractivity contribution in [3.63, 3.8) is 0 Å². The van der Waals surface area contributed by atoms with Gasteiger partial charge in [-0.25, -0.2) is 0 Å². The van der Waals surface area contributed by atoms with Gasteiger partial charge in [-0.1, -0.05) is 25.5 Å². The number of nitrogens with one attached hydrogen (secondary N) is 2. The first kappa shape index (κ1) is 20.0. The first-order valence-corrected chi connectivity index (χ1v) is 8.79. The Kier molecular flexibility index (Phi) is 7.91. The van der Waals surface area contributed by atoms with Crippen molar-refractivity contribution in [1.29, 1.82) is 0 Å². The maximum absolute atomic E-state index is 12.5. The summed E-state index contributed by atoms with van der Waals surface area (Å²) in [4.78, 5) is 24.6. The van der Waals surface area contributed by atoms with Gasteiger partial charge in [0.15, 0.2) is 0 Å². The van der Waals surface area contributed by atoms with Gasteiger partial charge in [-0.05, 0) is 48.4 Å². The topological polar surface area (TPSA) is 80.6 Å². The highest BCUT2D eigenvalue weighted by atomic mass is 16.5. The molecule has 1 aromatic heterocycles. The summed E-state index contributed by atoms with van der Waals surface area (Å²) >= 11 is 0. The van der Waals surface area contributed by atoms with Crippen LogP contribution < -0.4 is 15.4 Å². The lowest BCUT2D eigenvalue weighted by atomic mass is 10.1. The normalized spacial score (nSPS) is 11.4. The number of carbonyl (C=O) groups excluding carboxylic acids is 2. The number of rotatable bonds is 9. The standard InChI is InChI=1S/C21H24N2O4/c1-3-4-13-22-21(25)19(15-16-7-9-17(26-2)10-8-16)23-20(24)12-11-18-6-5-14-27-18/h5-12,14-15H,3-4,13H2,1-2H3,(H,22,25)(H,23,24)/b12-11+,19-15-. The number of methoxy groups -OCH3 is 1. The zero-order valence-corrected chi connectivity index (χ0v) is 15.5. The second kappa shape index (κ2) is 10.7. The summed E-state index contributed by atoms with van der Waals surface area (Å²) in [6.07, 6.45) is 7.84. The molecule has 0 saturated heterocycles. The fourth-order valence-corrected chi connectivity index (χ4v) is 2.22. The van der Waals surface area contributed by atoms with E-state index < -0.39 is 5.91 Å². The van der Waals surface area contributed by atoms with E-state index >= 15 is 0 Å².